The third-order valence-electron chi connectivity index (χ3n) is 5.69. The van der Waals surface area contributed by atoms with Crippen LogP contribution in [0.15, 0.2) is 53.7 Å². The summed E-state index contributed by atoms with van der Waals surface area (Å²) in [6, 6.07) is 13.0. The van der Waals surface area contributed by atoms with E-state index in [0.29, 0.717) is 38.6 Å². The van der Waals surface area contributed by atoms with Crippen LogP contribution in [0, 0.1) is 5.82 Å². The smallest absolute Gasteiger partial charge is 0.223 e. The highest BCUT2D eigenvalue weighted by atomic mass is 127. The fourth-order valence-corrected chi connectivity index (χ4v) is 4.01. The highest BCUT2D eigenvalue weighted by Gasteiger charge is 2.22. The number of halogens is 2. The van der Waals surface area contributed by atoms with Crippen LogP contribution in [-0.4, -0.2) is 41.9 Å². The summed E-state index contributed by atoms with van der Waals surface area (Å²) < 4.78 is 13.5. The van der Waals surface area contributed by atoms with Crippen LogP contribution in [0.2, 0.25) is 0 Å². The number of nitrogens with zero attached hydrogens (tertiary/aromatic N) is 2. The Balaban J connectivity index is 0.00000289. The molecule has 1 aromatic heterocycles. The van der Waals surface area contributed by atoms with Crippen LogP contribution in [0.1, 0.15) is 29.5 Å². The lowest BCUT2D eigenvalue weighted by molar-refractivity contribution is -0.131. The van der Waals surface area contributed by atoms with E-state index in [4.69, 9.17) is 0 Å². The third-order valence-corrected chi connectivity index (χ3v) is 5.69. The number of aromatic amines is 1. The van der Waals surface area contributed by atoms with Gasteiger partial charge in [-0.05, 0) is 47.7 Å². The molecule has 2 aromatic carbocycles. The van der Waals surface area contributed by atoms with Crippen LogP contribution in [0.4, 0.5) is 4.39 Å². The van der Waals surface area contributed by atoms with Gasteiger partial charge in [0.2, 0.25) is 5.91 Å². The first-order chi connectivity index (χ1) is 15.1. The Morgan fingerprint density at radius 2 is 1.84 bits per heavy atom. The van der Waals surface area contributed by atoms with Crippen molar-refractivity contribution in [3.05, 3.63) is 71.2 Å². The third kappa shape index (κ3) is 5.79. The predicted octanol–water partition coefficient (Wildman–Crippen LogP) is 3.96. The predicted molar refractivity (Wildman–Crippen MR) is 137 cm³/mol. The van der Waals surface area contributed by atoms with E-state index in [1.807, 2.05) is 23.2 Å². The van der Waals surface area contributed by atoms with Crippen molar-refractivity contribution in [3.8, 4) is 0 Å². The number of hydrogen-bond donors (Lipinski definition) is 3. The second-order valence-electron chi connectivity index (χ2n) is 7.80. The molecule has 1 aliphatic heterocycles. The average molecular weight is 549 g/mol. The van der Waals surface area contributed by atoms with E-state index in [2.05, 4.69) is 32.7 Å². The van der Waals surface area contributed by atoms with Crippen LogP contribution >= 0.6 is 24.0 Å². The van der Waals surface area contributed by atoms with Gasteiger partial charge in [0, 0.05) is 56.7 Å². The van der Waals surface area contributed by atoms with Crippen LogP contribution in [0.5, 0.6) is 0 Å². The van der Waals surface area contributed by atoms with Crippen molar-refractivity contribution in [1.82, 2.24) is 20.5 Å². The molecule has 0 bridgehead atoms. The normalized spacial score (nSPS) is 13.1. The average Bonchev–Trinajstić information content (AvgIpc) is 3.39. The number of nitrogens with one attached hydrogen (secondary N) is 3. The zero-order chi connectivity index (χ0) is 21.6. The standard InChI is InChI=1S/C24H28FN5O.HI/c1-26-24(28-12-10-17-14-29-22-9-8-20(25)13-21(17)22)27-11-4-7-23(31)30-15-18-5-2-3-6-19(18)16-30;/h2-3,5-6,8-9,13-14,29H,4,7,10-12,15-16H2,1H3,(H2,26,27,28);1H. The molecule has 0 spiro atoms. The number of fused-ring (bicyclic) bond motifs is 2. The van der Waals surface area contributed by atoms with Gasteiger partial charge in [-0.25, -0.2) is 4.39 Å². The lowest BCUT2D eigenvalue weighted by Crippen LogP contribution is -2.39. The van der Waals surface area contributed by atoms with Crippen molar-refractivity contribution < 1.29 is 9.18 Å². The van der Waals surface area contributed by atoms with Gasteiger partial charge in [0.15, 0.2) is 5.96 Å². The molecule has 1 amide bonds. The van der Waals surface area contributed by atoms with Crippen molar-refractivity contribution in [3.63, 3.8) is 0 Å². The number of carbonyl (C=O) groups is 1. The quantitative estimate of drug-likeness (QED) is 0.181. The Morgan fingerprint density at radius 1 is 1.12 bits per heavy atom. The molecule has 0 saturated heterocycles. The first-order valence-electron chi connectivity index (χ1n) is 10.7. The first kappa shape index (κ1) is 24.0. The van der Waals surface area contributed by atoms with Crippen molar-refractivity contribution in [2.75, 3.05) is 20.1 Å². The number of guanidine groups is 1. The molecule has 2 heterocycles. The molecule has 32 heavy (non-hydrogen) atoms. The van der Waals surface area contributed by atoms with Crippen molar-refractivity contribution in [1.29, 1.82) is 0 Å². The fourth-order valence-electron chi connectivity index (χ4n) is 4.01. The van der Waals surface area contributed by atoms with Gasteiger partial charge in [0.25, 0.3) is 0 Å². The van der Waals surface area contributed by atoms with Gasteiger partial charge in [-0.15, -0.1) is 24.0 Å². The van der Waals surface area contributed by atoms with E-state index < -0.39 is 0 Å². The Labute approximate surface area is 204 Å². The number of hydrogen-bond acceptors (Lipinski definition) is 2. The number of benzene rings is 2. The minimum absolute atomic E-state index is 0. The number of aliphatic imine (C=N–C) groups is 1. The van der Waals surface area contributed by atoms with Gasteiger partial charge < -0.3 is 20.5 Å². The van der Waals surface area contributed by atoms with E-state index in [0.717, 1.165) is 29.3 Å². The fraction of sp³-hybridized carbons (Fsp3) is 0.333. The van der Waals surface area contributed by atoms with Gasteiger partial charge >= 0.3 is 0 Å². The topological polar surface area (TPSA) is 72.5 Å². The molecule has 0 unspecified atom stereocenters. The Hall–Kier alpha value is -2.62. The minimum atomic E-state index is -0.230. The number of H-pyrrole nitrogens is 1. The molecule has 3 aromatic rings. The van der Waals surface area contributed by atoms with Crippen molar-refractivity contribution in [2.45, 2.75) is 32.4 Å². The van der Waals surface area contributed by atoms with E-state index in [1.165, 1.54) is 17.2 Å². The van der Waals surface area contributed by atoms with Crippen molar-refractivity contribution >= 4 is 46.7 Å². The Morgan fingerprint density at radius 3 is 2.56 bits per heavy atom. The maximum atomic E-state index is 13.5. The van der Waals surface area contributed by atoms with Gasteiger partial charge in [-0.1, -0.05) is 24.3 Å². The van der Waals surface area contributed by atoms with E-state index in [1.54, 1.807) is 19.2 Å². The molecule has 4 rings (SSSR count). The minimum Gasteiger partial charge on any atom is -0.361 e. The lowest BCUT2D eigenvalue weighted by Gasteiger charge is -2.16. The van der Waals surface area contributed by atoms with E-state index >= 15 is 0 Å². The zero-order valence-electron chi connectivity index (χ0n) is 18.2. The van der Waals surface area contributed by atoms with Crippen LogP contribution < -0.4 is 10.6 Å². The highest BCUT2D eigenvalue weighted by molar-refractivity contribution is 14.0. The summed E-state index contributed by atoms with van der Waals surface area (Å²) in [4.78, 5) is 21.8. The summed E-state index contributed by atoms with van der Waals surface area (Å²) >= 11 is 0. The molecule has 0 fully saturated rings. The maximum Gasteiger partial charge on any atom is 0.223 e. The largest absolute Gasteiger partial charge is 0.361 e. The molecule has 1 aliphatic rings. The molecule has 0 saturated carbocycles. The second kappa shape index (κ2) is 11.3. The van der Waals surface area contributed by atoms with Crippen molar-refractivity contribution in [2.24, 2.45) is 4.99 Å². The van der Waals surface area contributed by atoms with Gasteiger partial charge in [0.05, 0.1) is 0 Å². The number of rotatable bonds is 7. The monoisotopic (exact) mass is 549 g/mol. The van der Waals surface area contributed by atoms with Crippen LogP contribution in [0.25, 0.3) is 10.9 Å². The van der Waals surface area contributed by atoms with Gasteiger partial charge in [0.1, 0.15) is 5.82 Å². The SMILES string of the molecule is CN=C(NCCCC(=O)N1Cc2ccccc2C1)NCCc1c[nH]c2ccc(F)cc12.I. The Bertz CT molecular complexity index is 1070. The van der Waals surface area contributed by atoms with Crippen LogP contribution in [-0.2, 0) is 24.3 Å². The summed E-state index contributed by atoms with van der Waals surface area (Å²) in [5.41, 5.74) is 4.49. The number of carbonyl (C=O) groups excluding carboxylic acids is 1. The molecule has 0 atom stereocenters. The number of aromatic nitrogens is 1. The molecule has 170 valence electrons. The van der Waals surface area contributed by atoms with Gasteiger partial charge in [-0.2, -0.15) is 0 Å². The summed E-state index contributed by atoms with van der Waals surface area (Å²) in [7, 11) is 1.73. The highest BCUT2D eigenvalue weighted by Crippen LogP contribution is 2.23. The zero-order valence-corrected chi connectivity index (χ0v) is 20.5. The van der Waals surface area contributed by atoms with E-state index in [-0.39, 0.29) is 35.7 Å². The molecule has 0 radical (unpaired) electrons. The molecule has 6 nitrogen and oxygen atoms in total. The van der Waals surface area contributed by atoms with E-state index in [9.17, 15) is 9.18 Å². The molecule has 3 N–H and O–H groups in total. The second-order valence-corrected chi connectivity index (χ2v) is 7.80. The molecular formula is C24H29FIN5O. The molecule has 8 heteroatoms. The number of amides is 1. The molecular weight excluding hydrogens is 520 g/mol. The maximum absolute atomic E-state index is 13.5. The van der Waals surface area contributed by atoms with Gasteiger partial charge in [-0.3, -0.25) is 9.79 Å². The van der Waals surface area contributed by atoms with Crippen LogP contribution in [0.3, 0.4) is 0 Å². The Kier molecular flexibility index (Phi) is 8.49. The first-order valence-corrected chi connectivity index (χ1v) is 10.7. The summed E-state index contributed by atoms with van der Waals surface area (Å²) in [6.07, 6.45) is 3.93. The summed E-state index contributed by atoms with van der Waals surface area (Å²) in [5.74, 6) is 0.658. The molecule has 0 aliphatic carbocycles. The summed E-state index contributed by atoms with van der Waals surface area (Å²) in [5, 5.41) is 7.45. The summed E-state index contributed by atoms with van der Waals surface area (Å²) in [6.45, 7) is 2.77. The lowest BCUT2D eigenvalue weighted by atomic mass is 10.1.